The molecule has 0 bridgehead atoms. The summed E-state index contributed by atoms with van der Waals surface area (Å²) < 4.78 is 6.94. The number of piperidine rings is 1. The zero-order valence-corrected chi connectivity index (χ0v) is 16.5. The fraction of sp³-hybridized carbons (Fsp3) is 0.474. The summed E-state index contributed by atoms with van der Waals surface area (Å²) >= 11 is 0. The van der Waals surface area contributed by atoms with Crippen LogP contribution in [0.3, 0.4) is 0 Å². The van der Waals surface area contributed by atoms with E-state index in [4.69, 9.17) is 4.74 Å². The molecule has 2 atom stereocenters. The van der Waals surface area contributed by atoms with Gasteiger partial charge in [-0.1, -0.05) is 12.1 Å². The normalized spacial score (nSPS) is 20.0. The smallest absolute Gasteiger partial charge is 0.346 e. The molecule has 0 saturated carbocycles. The highest BCUT2D eigenvalue weighted by molar-refractivity contribution is 5.89. The fourth-order valence-corrected chi connectivity index (χ4v) is 3.66. The van der Waals surface area contributed by atoms with Crippen LogP contribution in [0.15, 0.2) is 33.9 Å². The van der Waals surface area contributed by atoms with Crippen molar-refractivity contribution in [3.63, 3.8) is 0 Å². The molecule has 0 radical (unpaired) electrons. The molecule has 2 heterocycles. The molecule has 9 heteroatoms. The van der Waals surface area contributed by atoms with Gasteiger partial charge >= 0.3 is 11.7 Å². The van der Waals surface area contributed by atoms with Crippen molar-refractivity contribution in [2.75, 3.05) is 32.6 Å². The van der Waals surface area contributed by atoms with Gasteiger partial charge in [0.25, 0.3) is 5.56 Å². The van der Waals surface area contributed by atoms with Crippen LogP contribution in [0.25, 0.3) is 0 Å². The Labute approximate surface area is 162 Å². The van der Waals surface area contributed by atoms with E-state index in [-0.39, 0.29) is 23.7 Å². The molecule has 1 aliphatic heterocycles. The van der Waals surface area contributed by atoms with Crippen molar-refractivity contribution in [2.24, 2.45) is 14.1 Å². The number of methoxy groups -OCH3 is 1. The second kappa shape index (κ2) is 7.97. The summed E-state index contributed by atoms with van der Waals surface area (Å²) in [4.78, 5) is 38.0. The molecular formula is C19H25N5O4. The summed E-state index contributed by atoms with van der Waals surface area (Å²) in [6.07, 6.45) is 0.801. The van der Waals surface area contributed by atoms with Crippen LogP contribution in [0.1, 0.15) is 28.3 Å². The molecule has 1 aromatic heterocycles. The first-order chi connectivity index (χ1) is 13.3. The van der Waals surface area contributed by atoms with Crippen LogP contribution < -0.4 is 16.6 Å². The lowest BCUT2D eigenvalue weighted by Gasteiger charge is -2.36. The molecule has 1 aromatic carbocycles. The van der Waals surface area contributed by atoms with Crippen LogP contribution in [-0.2, 0) is 18.8 Å². The predicted molar refractivity (Wildman–Crippen MR) is 105 cm³/mol. The van der Waals surface area contributed by atoms with Gasteiger partial charge in [-0.3, -0.25) is 9.36 Å². The number of hydrogen-bond donors (Lipinski definition) is 1. The van der Waals surface area contributed by atoms with Gasteiger partial charge in [0.1, 0.15) is 0 Å². The third kappa shape index (κ3) is 3.99. The lowest BCUT2D eigenvalue weighted by molar-refractivity contribution is 0.0600. The summed E-state index contributed by atoms with van der Waals surface area (Å²) in [5.41, 5.74) is 0.741. The topological polar surface area (TPSA) is 98.5 Å². The fourth-order valence-electron chi connectivity index (χ4n) is 3.66. The number of likely N-dealkylation sites (tertiary alicyclic amines) is 1. The quantitative estimate of drug-likeness (QED) is 0.747. The van der Waals surface area contributed by atoms with E-state index >= 15 is 0 Å². The Morgan fingerprint density at radius 3 is 2.46 bits per heavy atom. The SMILES string of the molecule is COC(=O)c1ccc([C@H]2C[C@@H](Nc3nn(C)c(=O)n(C)c3=O)CN(C)C2)cc1. The predicted octanol–water partition coefficient (Wildman–Crippen LogP) is 0.165. The average molecular weight is 387 g/mol. The van der Waals surface area contributed by atoms with E-state index in [0.29, 0.717) is 5.56 Å². The molecular weight excluding hydrogens is 362 g/mol. The van der Waals surface area contributed by atoms with Gasteiger partial charge in [0.2, 0.25) is 5.82 Å². The molecule has 1 aliphatic rings. The first-order valence-electron chi connectivity index (χ1n) is 9.07. The highest BCUT2D eigenvalue weighted by Crippen LogP contribution is 2.27. The number of carbonyl (C=O) groups is 1. The van der Waals surface area contributed by atoms with Gasteiger partial charge in [-0.15, -0.1) is 5.10 Å². The third-order valence-electron chi connectivity index (χ3n) is 5.10. The number of anilines is 1. The second-order valence-electron chi connectivity index (χ2n) is 7.23. The van der Waals surface area contributed by atoms with E-state index in [1.807, 2.05) is 19.2 Å². The number of benzene rings is 1. The number of rotatable bonds is 4. The van der Waals surface area contributed by atoms with Crippen molar-refractivity contribution in [2.45, 2.75) is 18.4 Å². The molecule has 9 nitrogen and oxygen atoms in total. The van der Waals surface area contributed by atoms with Crippen LogP contribution in [-0.4, -0.2) is 58.5 Å². The standard InChI is InChI=1S/C19H25N5O4/c1-22-10-14(12-5-7-13(8-6-12)18(26)28-4)9-15(11-22)20-16-17(25)23(2)19(27)24(3)21-16/h5-8,14-15H,9-11H2,1-4H3,(H,20,21)/t14-,15+/m0/s1. The Bertz CT molecular complexity index is 979. The second-order valence-corrected chi connectivity index (χ2v) is 7.23. The van der Waals surface area contributed by atoms with E-state index in [1.165, 1.54) is 21.2 Å². The van der Waals surface area contributed by atoms with Gasteiger partial charge in [0, 0.05) is 33.2 Å². The lowest BCUT2D eigenvalue weighted by Crippen LogP contribution is -2.46. The molecule has 28 heavy (non-hydrogen) atoms. The first kappa shape index (κ1) is 19.8. The maximum absolute atomic E-state index is 12.3. The Balaban J connectivity index is 1.79. The minimum Gasteiger partial charge on any atom is -0.465 e. The summed E-state index contributed by atoms with van der Waals surface area (Å²) in [6.45, 7) is 1.62. The maximum atomic E-state index is 12.3. The molecule has 2 aromatic rings. The molecule has 150 valence electrons. The number of ether oxygens (including phenoxy) is 1. The molecule has 0 amide bonds. The zero-order valence-electron chi connectivity index (χ0n) is 16.5. The van der Waals surface area contributed by atoms with Gasteiger partial charge in [0.05, 0.1) is 12.7 Å². The number of aryl methyl sites for hydroxylation is 1. The van der Waals surface area contributed by atoms with Crippen LogP contribution in [0.2, 0.25) is 0 Å². The van der Waals surface area contributed by atoms with E-state index in [0.717, 1.165) is 34.3 Å². The van der Waals surface area contributed by atoms with Crippen LogP contribution in [0.5, 0.6) is 0 Å². The van der Waals surface area contributed by atoms with Gasteiger partial charge in [0.15, 0.2) is 0 Å². The molecule has 0 aliphatic carbocycles. The number of nitrogens with one attached hydrogen (secondary N) is 1. The average Bonchev–Trinajstić information content (AvgIpc) is 2.69. The van der Waals surface area contributed by atoms with Crippen molar-refractivity contribution in [3.8, 4) is 0 Å². The minimum atomic E-state index is -0.458. The Morgan fingerprint density at radius 2 is 1.82 bits per heavy atom. The van der Waals surface area contributed by atoms with E-state index in [2.05, 4.69) is 15.3 Å². The number of likely N-dealkylation sites (N-methyl/N-ethyl adjacent to an activating group) is 1. The van der Waals surface area contributed by atoms with E-state index in [1.54, 1.807) is 12.1 Å². The Kier molecular flexibility index (Phi) is 5.64. The number of nitrogens with zero attached hydrogens (tertiary/aromatic N) is 4. The summed E-state index contributed by atoms with van der Waals surface area (Å²) in [7, 11) is 6.35. The Morgan fingerprint density at radius 1 is 1.14 bits per heavy atom. The molecule has 0 unspecified atom stereocenters. The summed E-state index contributed by atoms with van der Waals surface area (Å²) in [5.74, 6) is 0.0486. The molecule has 3 rings (SSSR count). The molecule has 1 N–H and O–H groups in total. The third-order valence-corrected chi connectivity index (χ3v) is 5.10. The molecule has 1 saturated heterocycles. The first-order valence-corrected chi connectivity index (χ1v) is 9.07. The van der Waals surface area contributed by atoms with Crippen LogP contribution in [0, 0.1) is 0 Å². The van der Waals surface area contributed by atoms with E-state index < -0.39 is 11.2 Å². The highest BCUT2D eigenvalue weighted by Gasteiger charge is 2.27. The largest absolute Gasteiger partial charge is 0.465 e. The lowest BCUT2D eigenvalue weighted by atomic mass is 9.88. The van der Waals surface area contributed by atoms with Crippen molar-refractivity contribution < 1.29 is 9.53 Å². The van der Waals surface area contributed by atoms with Gasteiger partial charge in [-0.05, 0) is 37.1 Å². The minimum absolute atomic E-state index is 0.00161. The molecule has 0 spiro atoms. The van der Waals surface area contributed by atoms with Gasteiger partial charge in [-0.25, -0.2) is 14.3 Å². The monoisotopic (exact) mass is 387 g/mol. The van der Waals surface area contributed by atoms with Crippen molar-refractivity contribution in [1.82, 2.24) is 19.2 Å². The number of carbonyl (C=O) groups excluding carboxylic acids is 1. The van der Waals surface area contributed by atoms with E-state index in [9.17, 15) is 14.4 Å². The summed E-state index contributed by atoms with van der Waals surface area (Å²) in [5, 5.41) is 7.29. The number of esters is 1. The van der Waals surface area contributed by atoms with Gasteiger partial charge < -0.3 is 15.0 Å². The van der Waals surface area contributed by atoms with Crippen LogP contribution >= 0.6 is 0 Å². The van der Waals surface area contributed by atoms with Crippen LogP contribution in [0.4, 0.5) is 5.82 Å². The van der Waals surface area contributed by atoms with Crippen molar-refractivity contribution >= 4 is 11.8 Å². The number of aromatic nitrogens is 3. The summed E-state index contributed by atoms with van der Waals surface area (Å²) in [6, 6.07) is 7.42. The maximum Gasteiger partial charge on any atom is 0.346 e. The highest BCUT2D eigenvalue weighted by atomic mass is 16.5. The Hall–Kier alpha value is -2.94. The van der Waals surface area contributed by atoms with Crippen molar-refractivity contribution in [1.29, 1.82) is 0 Å². The van der Waals surface area contributed by atoms with Gasteiger partial charge in [-0.2, -0.15) is 0 Å². The zero-order chi connectivity index (χ0) is 20.4. The molecule has 1 fully saturated rings. The number of hydrogen-bond acceptors (Lipinski definition) is 7. The van der Waals surface area contributed by atoms with Crippen molar-refractivity contribution in [3.05, 3.63) is 56.2 Å².